The van der Waals surface area contributed by atoms with Crippen LogP contribution in [0.4, 0.5) is 14.5 Å². The van der Waals surface area contributed by atoms with Crippen molar-refractivity contribution in [3.05, 3.63) is 107 Å². The van der Waals surface area contributed by atoms with Crippen molar-refractivity contribution in [2.24, 2.45) is 5.92 Å². The van der Waals surface area contributed by atoms with E-state index in [1.54, 1.807) is 36.1 Å². The third kappa shape index (κ3) is 4.34. The zero-order valence-electron chi connectivity index (χ0n) is 18.0. The molecule has 3 aromatic carbocycles. The lowest BCUT2D eigenvalue weighted by Gasteiger charge is -2.47. The van der Waals surface area contributed by atoms with Gasteiger partial charge in [0.1, 0.15) is 11.6 Å². The minimum Gasteiger partial charge on any atom is -0.389 e. The van der Waals surface area contributed by atoms with Gasteiger partial charge < -0.3 is 10.0 Å². The van der Waals surface area contributed by atoms with Crippen molar-refractivity contribution < 1.29 is 18.7 Å². The fourth-order valence-electron chi connectivity index (χ4n) is 4.24. The summed E-state index contributed by atoms with van der Waals surface area (Å²) in [4.78, 5) is 14.8. The van der Waals surface area contributed by atoms with E-state index in [9.17, 15) is 18.7 Å². The highest BCUT2D eigenvalue weighted by atomic mass is 19.1. The summed E-state index contributed by atoms with van der Waals surface area (Å²) < 4.78 is 26.7. The molecular weight excluding hydrogens is 408 g/mol. The number of aryl methyl sites for hydroxylation is 1. The van der Waals surface area contributed by atoms with Crippen LogP contribution in [0.5, 0.6) is 0 Å². The lowest BCUT2D eigenvalue weighted by atomic mass is 9.79. The number of carbonyl (C=O) groups is 1. The van der Waals surface area contributed by atoms with Gasteiger partial charge in [0.05, 0.1) is 18.1 Å². The molecule has 1 saturated heterocycles. The maximum absolute atomic E-state index is 13.4. The molecule has 1 amide bonds. The smallest absolute Gasteiger partial charge is 0.233 e. The fraction of sp³-hybridized carbons (Fsp3) is 0.222. The average molecular weight is 433 g/mol. The van der Waals surface area contributed by atoms with Gasteiger partial charge in [-0.3, -0.25) is 4.79 Å². The highest BCUT2D eigenvalue weighted by Gasteiger charge is 2.48. The predicted molar refractivity (Wildman–Crippen MR) is 122 cm³/mol. The van der Waals surface area contributed by atoms with E-state index in [2.05, 4.69) is 0 Å². The van der Waals surface area contributed by atoms with Crippen LogP contribution in [0.3, 0.4) is 0 Å². The van der Waals surface area contributed by atoms with E-state index in [0.29, 0.717) is 17.7 Å². The second kappa shape index (κ2) is 9.05. The van der Waals surface area contributed by atoms with Crippen LogP contribution in [-0.4, -0.2) is 17.1 Å². The Morgan fingerprint density at radius 1 is 0.969 bits per heavy atom. The van der Waals surface area contributed by atoms with Crippen LogP contribution in [0.15, 0.2) is 78.9 Å². The Balaban J connectivity index is 1.66. The molecule has 0 radical (unpaired) electrons. The van der Waals surface area contributed by atoms with Gasteiger partial charge in [-0.05, 0) is 73.4 Å². The quantitative estimate of drug-likeness (QED) is 0.497. The van der Waals surface area contributed by atoms with Crippen molar-refractivity contribution in [3.63, 3.8) is 0 Å². The van der Waals surface area contributed by atoms with Crippen molar-refractivity contribution in [2.75, 3.05) is 4.90 Å². The number of carbonyl (C=O) groups excluding carboxylic acids is 1. The molecule has 164 valence electrons. The Hall–Kier alpha value is -3.31. The molecule has 1 fully saturated rings. The molecule has 5 heteroatoms. The summed E-state index contributed by atoms with van der Waals surface area (Å²) in [6.45, 7) is 3.66. The molecule has 3 atom stereocenters. The zero-order valence-corrected chi connectivity index (χ0v) is 18.0. The van der Waals surface area contributed by atoms with Crippen LogP contribution in [0.2, 0.25) is 0 Å². The van der Waals surface area contributed by atoms with Gasteiger partial charge in [-0.25, -0.2) is 8.78 Å². The summed E-state index contributed by atoms with van der Waals surface area (Å²) in [6, 6.07) is 19.7. The number of rotatable bonds is 6. The van der Waals surface area contributed by atoms with Crippen LogP contribution in [0, 0.1) is 24.5 Å². The molecule has 3 nitrogen and oxygen atoms in total. The second-order valence-electron chi connectivity index (χ2n) is 8.22. The first-order chi connectivity index (χ1) is 15.3. The van der Waals surface area contributed by atoms with Gasteiger partial charge in [-0.2, -0.15) is 0 Å². The van der Waals surface area contributed by atoms with Gasteiger partial charge in [0.2, 0.25) is 5.91 Å². The van der Waals surface area contributed by atoms with E-state index in [0.717, 1.165) is 16.7 Å². The molecule has 0 aromatic heterocycles. The van der Waals surface area contributed by atoms with Gasteiger partial charge in [0.15, 0.2) is 0 Å². The van der Waals surface area contributed by atoms with Crippen LogP contribution >= 0.6 is 0 Å². The fourth-order valence-corrected chi connectivity index (χ4v) is 4.24. The number of aliphatic hydroxyl groups is 1. The molecule has 0 spiro atoms. The summed E-state index contributed by atoms with van der Waals surface area (Å²) in [6.07, 6.45) is 1.53. The zero-order chi connectivity index (χ0) is 22.8. The summed E-state index contributed by atoms with van der Waals surface area (Å²) in [7, 11) is 0. The van der Waals surface area contributed by atoms with E-state index in [4.69, 9.17) is 0 Å². The number of allylic oxidation sites excluding steroid dienone is 1. The van der Waals surface area contributed by atoms with Crippen molar-refractivity contribution >= 4 is 17.2 Å². The summed E-state index contributed by atoms with van der Waals surface area (Å²) in [5, 5.41) is 10.3. The number of anilines is 1. The lowest BCUT2D eigenvalue weighted by molar-refractivity contribution is -0.130. The predicted octanol–water partition coefficient (Wildman–Crippen LogP) is 5.83. The van der Waals surface area contributed by atoms with Gasteiger partial charge in [0.25, 0.3) is 0 Å². The molecule has 1 heterocycles. The monoisotopic (exact) mass is 433 g/mol. The first-order valence-electron chi connectivity index (χ1n) is 10.6. The Morgan fingerprint density at radius 2 is 1.53 bits per heavy atom. The van der Waals surface area contributed by atoms with Gasteiger partial charge in [-0.1, -0.05) is 48.0 Å². The van der Waals surface area contributed by atoms with Gasteiger partial charge in [0, 0.05) is 5.69 Å². The highest BCUT2D eigenvalue weighted by molar-refractivity contribution is 6.03. The number of nitrogens with zero attached hydrogens (tertiary/aromatic N) is 1. The van der Waals surface area contributed by atoms with E-state index < -0.39 is 6.10 Å². The van der Waals surface area contributed by atoms with Crippen LogP contribution < -0.4 is 4.90 Å². The normalized spacial score (nSPS) is 19.6. The number of halogens is 2. The summed E-state index contributed by atoms with van der Waals surface area (Å²) in [5.41, 5.74) is 4.14. The molecule has 0 aliphatic carbocycles. The molecule has 1 aliphatic rings. The van der Waals surface area contributed by atoms with Crippen molar-refractivity contribution in [1.82, 2.24) is 0 Å². The largest absolute Gasteiger partial charge is 0.389 e. The molecule has 0 bridgehead atoms. The number of β-lactam (4-membered cyclic amide) rings is 1. The number of aliphatic hydroxyl groups excluding tert-OH is 1. The molecule has 1 aliphatic heterocycles. The maximum atomic E-state index is 13.4. The number of hydrogen-bond acceptors (Lipinski definition) is 2. The Morgan fingerprint density at radius 3 is 2.09 bits per heavy atom. The molecule has 0 saturated carbocycles. The molecule has 3 aromatic rings. The van der Waals surface area contributed by atoms with Crippen molar-refractivity contribution in [1.29, 1.82) is 0 Å². The number of amides is 1. The topological polar surface area (TPSA) is 40.5 Å². The standard InChI is InChI=1S/C27H25F2NO2/c1-17-3-5-20(6-4-17)26-25(27(32)30(26)23-13-11-22(29)12-14-23)16-15-24(18(2)31)19-7-9-21(28)10-8-19/h3-15,18,25-26,31H,16H2,1-2H3/b24-15+/t18?,25-,26-/m1/s1. The van der Waals surface area contributed by atoms with E-state index in [-0.39, 0.29) is 29.5 Å². The Kier molecular flexibility index (Phi) is 6.19. The van der Waals surface area contributed by atoms with E-state index in [1.807, 2.05) is 37.3 Å². The molecule has 32 heavy (non-hydrogen) atoms. The molecule has 4 rings (SSSR count). The molecule has 1 N–H and O–H groups in total. The van der Waals surface area contributed by atoms with E-state index >= 15 is 0 Å². The van der Waals surface area contributed by atoms with Gasteiger partial charge >= 0.3 is 0 Å². The van der Waals surface area contributed by atoms with Crippen LogP contribution in [-0.2, 0) is 4.79 Å². The average Bonchev–Trinajstić information content (AvgIpc) is 2.77. The molecular formula is C27H25F2NO2. The number of benzene rings is 3. The first kappa shape index (κ1) is 21.9. The minimum absolute atomic E-state index is 0.0533. The van der Waals surface area contributed by atoms with Crippen LogP contribution in [0.1, 0.15) is 36.1 Å². The minimum atomic E-state index is -0.762. The summed E-state index contributed by atoms with van der Waals surface area (Å²) in [5.74, 6) is -1.07. The first-order valence-corrected chi connectivity index (χ1v) is 10.6. The van der Waals surface area contributed by atoms with Gasteiger partial charge in [-0.15, -0.1) is 0 Å². The third-order valence-electron chi connectivity index (χ3n) is 5.96. The van der Waals surface area contributed by atoms with Crippen molar-refractivity contribution in [3.8, 4) is 0 Å². The Bertz CT molecular complexity index is 1120. The third-order valence-corrected chi connectivity index (χ3v) is 5.96. The van der Waals surface area contributed by atoms with Crippen LogP contribution in [0.25, 0.3) is 5.57 Å². The second-order valence-corrected chi connectivity index (χ2v) is 8.22. The SMILES string of the molecule is Cc1ccc([C@@H]2[C@@H](C/C=C(/c3ccc(F)cc3)C(C)O)C(=O)N2c2ccc(F)cc2)cc1. The summed E-state index contributed by atoms with van der Waals surface area (Å²) >= 11 is 0. The molecule has 1 unspecified atom stereocenters. The lowest BCUT2D eigenvalue weighted by Crippen LogP contribution is -2.55. The van der Waals surface area contributed by atoms with Crippen molar-refractivity contribution in [2.45, 2.75) is 32.4 Å². The number of hydrogen-bond donors (Lipinski definition) is 1. The maximum Gasteiger partial charge on any atom is 0.233 e. The van der Waals surface area contributed by atoms with E-state index in [1.165, 1.54) is 24.3 Å². The highest BCUT2D eigenvalue weighted by Crippen LogP contribution is 2.45. The Labute approximate surface area is 186 Å².